The van der Waals surface area contributed by atoms with Gasteiger partial charge in [0.1, 0.15) is 0 Å². The zero-order valence-corrected chi connectivity index (χ0v) is 15.6. The lowest BCUT2D eigenvalue weighted by molar-refractivity contribution is -0.136. The Hall–Kier alpha value is -3.19. The van der Waals surface area contributed by atoms with E-state index in [4.69, 9.17) is 4.74 Å². The monoisotopic (exact) mass is 379 g/mol. The van der Waals surface area contributed by atoms with Gasteiger partial charge in [-0.1, -0.05) is 41.7 Å². The number of esters is 1. The number of aromatic nitrogens is 2. The van der Waals surface area contributed by atoms with Crippen molar-refractivity contribution in [2.75, 3.05) is 7.11 Å². The number of nitrogens with zero attached hydrogens (tertiary/aromatic N) is 2. The highest BCUT2D eigenvalue weighted by Crippen LogP contribution is 2.30. The van der Waals surface area contributed by atoms with Crippen molar-refractivity contribution in [2.45, 2.75) is 13.0 Å². The molecule has 1 unspecified atom stereocenters. The second kappa shape index (κ2) is 6.85. The van der Waals surface area contributed by atoms with Crippen LogP contribution in [-0.4, -0.2) is 22.6 Å². The van der Waals surface area contributed by atoms with Gasteiger partial charge in [-0.25, -0.2) is 9.79 Å². The molecule has 0 fully saturated rings. The highest BCUT2D eigenvalue weighted by atomic mass is 32.1. The van der Waals surface area contributed by atoms with E-state index < -0.39 is 12.0 Å². The first-order chi connectivity index (χ1) is 13.1. The molecule has 0 bridgehead atoms. The van der Waals surface area contributed by atoms with Crippen LogP contribution in [0.1, 0.15) is 24.2 Å². The third-order valence-electron chi connectivity index (χ3n) is 4.45. The molecule has 3 aromatic rings. The second-order valence-electron chi connectivity index (χ2n) is 6.11. The van der Waals surface area contributed by atoms with Gasteiger partial charge in [-0.2, -0.15) is 0 Å². The van der Waals surface area contributed by atoms with Crippen molar-refractivity contribution in [3.63, 3.8) is 0 Å². The molecular weight excluding hydrogens is 362 g/mol. The summed E-state index contributed by atoms with van der Waals surface area (Å²) >= 11 is 1.31. The first kappa shape index (κ1) is 17.2. The summed E-state index contributed by atoms with van der Waals surface area (Å²) in [6.45, 7) is 1.77. The SMILES string of the molecule is COC(=O)C1=C(C)N=c2sc(=Cc3ccc[nH]3)c(=O)n2C1c1ccccc1. The van der Waals surface area contributed by atoms with Gasteiger partial charge in [0, 0.05) is 11.9 Å². The van der Waals surface area contributed by atoms with E-state index in [0.717, 1.165) is 11.3 Å². The quantitative estimate of drug-likeness (QED) is 0.704. The van der Waals surface area contributed by atoms with Crippen LogP contribution in [0.3, 0.4) is 0 Å². The molecule has 1 aliphatic heterocycles. The van der Waals surface area contributed by atoms with Gasteiger partial charge in [-0.3, -0.25) is 9.36 Å². The van der Waals surface area contributed by atoms with Crippen molar-refractivity contribution < 1.29 is 9.53 Å². The van der Waals surface area contributed by atoms with E-state index >= 15 is 0 Å². The first-order valence-corrected chi connectivity index (χ1v) is 9.21. The summed E-state index contributed by atoms with van der Waals surface area (Å²) in [6.07, 6.45) is 3.60. The van der Waals surface area contributed by atoms with Gasteiger partial charge in [0.15, 0.2) is 4.80 Å². The van der Waals surface area contributed by atoms with E-state index in [0.29, 0.717) is 20.6 Å². The topological polar surface area (TPSA) is 76.4 Å². The number of thiazole rings is 1. The number of aromatic amines is 1. The van der Waals surface area contributed by atoms with E-state index in [-0.39, 0.29) is 5.56 Å². The lowest BCUT2D eigenvalue weighted by atomic mass is 9.96. The van der Waals surface area contributed by atoms with Crippen LogP contribution in [-0.2, 0) is 9.53 Å². The van der Waals surface area contributed by atoms with E-state index in [1.54, 1.807) is 23.8 Å². The van der Waals surface area contributed by atoms with E-state index in [1.165, 1.54) is 18.4 Å². The van der Waals surface area contributed by atoms with Crippen LogP contribution in [0.15, 0.2) is 69.7 Å². The summed E-state index contributed by atoms with van der Waals surface area (Å²) in [5.74, 6) is -0.483. The van der Waals surface area contributed by atoms with E-state index in [1.807, 2.05) is 42.5 Å². The fourth-order valence-electron chi connectivity index (χ4n) is 3.22. The largest absolute Gasteiger partial charge is 0.466 e. The minimum atomic E-state index is -0.569. The maximum absolute atomic E-state index is 13.2. The Balaban J connectivity index is 2.00. The Kier molecular flexibility index (Phi) is 4.37. The van der Waals surface area contributed by atoms with Crippen LogP contribution in [0.5, 0.6) is 0 Å². The second-order valence-corrected chi connectivity index (χ2v) is 7.12. The smallest absolute Gasteiger partial charge is 0.338 e. The molecule has 6 nitrogen and oxygen atoms in total. The number of methoxy groups -OCH3 is 1. The number of carbonyl (C=O) groups is 1. The van der Waals surface area contributed by atoms with Crippen molar-refractivity contribution in [1.29, 1.82) is 0 Å². The van der Waals surface area contributed by atoms with E-state index in [2.05, 4.69) is 9.98 Å². The minimum absolute atomic E-state index is 0.184. The maximum atomic E-state index is 13.2. The number of hydrogen-bond acceptors (Lipinski definition) is 5. The highest BCUT2D eigenvalue weighted by Gasteiger charge is 2.32. The number of hydrogen-bond donors (Lipinski definition) is 1. The summed E-state index contributed by atoms with van der Waals surface area (Å²) in [6, 6.07) is 12.6. The number of ether oxygens (including phenoxy) is 1. The standard InChI is InChI=1S/C20H17N3O3S/c1-12-16(19(25)26-2)17(13-7-4-3-5-8-13)23-18(24)15(27-20(23)22-12)11-14-9-6-10-21-14/h3-11,17,21H,1-2H3. The molecule has 3 heterocycles. The van der Waals surface area contributed by atoms with Crippen LogP contribution in [0.25, 0.3) is 6.08 Å². The Morgan fingerprint density at radius 1 is 1.26 bits per heavy atom. The number of allylic oxidation sites excluding steroid dienone is 1. The van der Waals surface area contributed by atoms with Crippen molar-refractivity contribution in [3.05, 3.63) is 90.9 Å². The Labute approximate surface area is 158 Å². The average Bonchev–Trinajstić information content (AvgIpc) is 3.29. The van der Waals surface area contributed by atoms with Crippen LogP contribution in [0.4, 0.5) is 0 Å². The number of nitrogens with one attached hydrogen (secondary N) is 1. The number of fused-ring (bicyclic) bond motifs is 1. The molecule has 4 rings (SSSR count). The van der Waals surface area contributed by atoms with Crippen molar-refractivity contribution >= 4 is 23.4 Å². The Morgan fingerprint density at radius 3 is 2.70 bits per heavy atom. The Morgan fingerprint density at radius 2 is 2.04 bits per heavy atom. The van der Waals surface area contributed by atoms with Gasteiger partial charge in [-0.05, 0) is 30.7 Å². The molecular formula is C20H17N3O3S. The highest BCUT2D eigenvalue weighted by molar-refractivity contribution is 7.07. The van der Waals surface area contributed by atoms with Crippen LogP contribution in [0.2, 0.25) is 0 Å². The molecule has 0 amide bonds. The fraction of sp³-hybridized carbons (Fsp3) is 0.150. The maximum Gasteiger partial charge on any atom is 0.338 e. The Bertz CT molecular complexity index is 1200. The molecule has 1 aliphatic rings. The molecule has 27 heavy (non-hydrogen) atoms. The van der Waals surface area contributed by atoms with Crippen molar-refractivity contribution in [2.24, 2.45) is 4.99 Å². The number of carbonyl (C=O) groups excluding carboxylic acids is 1. The third-order valence-corrected chi connectivity index (χ3v) is 5.43. The summed E-state index contributed by atoms with van der Waals surface area (Å²) in [5, 5.41) is 0. The van der Waals surface area contributed by atoms with Crippen LogP contribution < -0.4 is 14.9 Å². The fourth-order valence-corrected chi connectivity index (χ4v) is 4.26. The van der Waals surface area contributed by atoms with E-state index in [9.17, 15) is 9.59 Å². The zero-order valence-electron chi connectivity index (χ0n) is 14.8. The van der Waals surface area contributed by atoms with Gasteiger partial charge in [0.25, 0.3) is 5.56 Å². The summed E-state index contributed by atoms with van der Waals surface area (Å²) in [7, 11) is 1.33. The number of rotatable bonds is 3. The molecule has 0 spiro atoms. The molecule has 1 atom stereocenters. The number of H-pyrrole nitrogens is 1. The minimum Gasteiger partial charge on any atom is -0.466 e. The molecule has 1 N–H and O–H groups in total. The van der Waals surface area contributed by atoms with Gasteiger partial charge in [0.05, 0.1) is 29.0 Å². The molecule has 2 aromatic heterocycles. The van der Waals surface area contributed by atoms with Gasteiger partial charge >= 0.3 is 5.97 Å². The molecule has 0 saturated heterocycles. The summed E-state index contributed by atoms with van der Waals surface area (Å²) in [5.41, 5.74) is 2.42. The summed E-state index contributed by atoms with van der Waals surface area (Å²) < 4.78 is 7.11. The molecule has 0 aliphatic carbocycles. The molecule has 0 radical (unpaired) electrons. The predicted octanol–water partition coefficient (Wildman–Crippen LogP) is 1.74. The van der Waals surface area contributed by atoms with Crippen molar-refractivity contribution in [1.82, 2.24) is 9.55 Å². The number of benzene rings is 1. The average molecular weight is 379 g/mol. The predicted molar refractivity (Wildman–Crippen MR) is 103 cm³/mol. The summed E-state index contributed by atoms with van der Waals surface area (Å²) in [4.78, 5) is 33.8. The third kappa shape index (κ3) is 2.96. The van der Waals surface area contributed by atoms with Gasteiger partial charge < -0.3 is 9.72 Å². The molecule has 1 aromatic carbocycles. The van der Waals surface area contributed by atoms with Crippen molar-refractivity contribution in [3.8, 4) is 0 Å². The first-order valence-electron chi connectivity index (χ1n) is 8.39. The lowest BCUT2D eigenvalue weighted by Gasteiger charge is -2.24. The molecule has 7 heteroatoms. The lowest BCUT2D eigenvalue weighted by Crippen LogP contribution is -2.39. The normalized spacial score (nSPS) is 16.8. The van der Waals surface area contributed by atoms with Gasteiger partial charge in [0.2, 0.25) is 0 Å². The molecule has 0 saturated carbocycles. The zero-order chi connectivity index (χ0) is 19.0. The molecule has 136 valence electrons. The van der Waals surface area contributed by atoms with Crippen LogP contribution in [0, 0.1) is 0 Å². The van der Waals surface area contributed by atoms with Gasteiger partial charge in [-0.15, -0.1) is 0 Å². The van der Waals surface area contributed by atoms with Crippen LogP contribution >= 0.6 is 11.3 Å².